The van der Waals surface area contributed by atoms with Crippen molar-refractivity contribution in [3.63, 3.8) is 0 Å². The summed E-state index contributed by atoms with van der Waals surface area (Å²) in [6.07, 6.45) is 1.94. The Morgan fingerprint density at radius 2 is 1.57 bits per heavy atom. The topological polar surface area (TPSA) is 76.4 Å². The van der Waals surface area contributed by atoms with E-state index in [-0.39, 0.29) is 5.75 Å². The molecular formula is C21H20N4O2S. The predicted molar refractivity (Wildman–Crippen MR) is 112 cm³/mol. The van der Waals surface area contributed by atoms with Crippen molar-refractivity contribution in [2.75, 3.05) is 10.5 Å². The highest BCUT2D eigenvalue weighted by atomic mass is 32.2. The van der Waals surface area contributed by atoms with Gasteiger partial charge in [0, 0.05) is 11.8 Å². The number of nitrogens with one attached hydrogen (secondary N) is 1. The fourth-order valence-electron chi connectivity index (χ4n) is 3.17. The molecule has 142 valence electrons. The maximum absolute atomic E-state index is 12.2. The lowest BCUT2D eigenvalue weighted by Gasteiger charge is -2.14. The number of anilines is 1. The van der Waals surface area contributed by atoms with E-state index in [1.807, 2.05) is 60.0 Å². The molecule has 0 aliphatic heterocycles. The summed E-state index contributed by atoms with van der Waals surface area (Å²) < 4.78 is 28.8. The van der Waals surface area contributed by atoms with Gasteiger partial charge in [0.25, 0.3) is 0 Å². The fourth-order valence-corrected chi connectivity index (χ4v) is 3.80. The van der Waals surface area contributed by atoms with Crippen LogP contribution < -0.4 is 4.72 Å². The first-order valence-corrected chi connectivity index (χ1v) is 10.6. The van der Waals surface area contributed by atoms with Crippen LogP contribution in [0, 0.1) is 6.92 Å². The van der Waals surface area contributed by atoms with Crippen molar-refractivity contribution in [3.8, 4) is 22.3 Å². The van der Waals surface area contributed by atoms with Crippen LogP contribution in [0.4, 0.5) is 5.69 Å². The van der Waals surface area contributed by atoms with Crippen molar-refractivity contribution in [2.24, 2.45) is 0 Å². The largest absolute Gasteiger partial charge is 0.284 e. The molecule has 0 bridgehead atoms. The first kappa shape index (κ1) is 18.2. The number of benzene rings is 2. The zero-order valence-corrected chi connectivity index (χ0v) is 16.4. The minimum absolute atomic E-state index is 0.0168. The van der Waals surface area contributed by atoms with Gasteiger partial charge in [-0.15, -0.1) is 10.2 Å². The monoisotopic (exact) mass is 392 g/mol. The summed E-state index contributed by atoms with van der Waals surface area (Å²) >= 11 is 0. The summed E-state index contributed by atoms with van der Waals surface area (Å²) in [5.41, 5.74) is 4.94. The van der Waals surface area contributed by atoms with E-state index in [9.17, 15) is 8.42 Å². The second-order valence-electron chi connectivity index (χ2n) is 6.50. The Kier molecular flexibility index (Phi) is 4.60. The zero-order chi connectivity index (χ0) is 19.7. The summed E-state index contributed by atoms with van der Waals surface area (Å²) in [5.74, 6) is 0.669. The molecule has 2 aromatic carbocycles. The Labute approximate surface area is 163 Å². The Morgan fingerprint density at radius 1 is 0.929 bits per heavy atom. The molecule has 0 amide bonds. The molecule has 4 aromatic rings. The Morgan fingerprint density at radius 3 is 2.25 bits per heavy atom. The van der Waals surface area contributed by atoms with E-state index >= 15 is 0 Å². The molecular weight excluding hydrogens is 372 g/mol. The number of rotatable bonds is 5. The number of sulfonamides is 1. The summed E-state index contributed by atoms with van der Waals surface area (Å²) in [4.78, 5) is 0. The average Bonchev–Trinajstić information content (AvgIpc) is 3.10. The highest BCUT2D eigenvalue weighted by Crippen LogP contribution is 2.34. The molecule has 2 aromatic heterocycles. The molecule has 6 nitrogen and oxygen atoms in total. The van der Waals surface area contributed by atoms with Gasteiger partial charge in [0.1, 0.15) is 5.82 Å². The van der Waals surface area contributed by atoms with Crippen LogP contribution in [0.15, 0.2) is 66.9 Å². The Bertz CT molecular complexity index is 1250. The lowest BCUT2D eigenvalue weighted by molar-refractivity contribution is 0.602. The first-order chi connectivity index (χ1) is 13.5. The normalized spacial score (nSPS) is 11.6. The van der Waals surface area contributed by atoms with E-state index in [4.69, 9.17) is 0 Å². The molecule has 0 unspecified atom stereocenters. The number of hydrogen-bond acceptors (Lipinski definition) is 4. The summed E-state index contributed by atoms with van der Waals surface area (Å²) in [6.45, 7) is 3.44. The van der Waals surface area contributed by atoms with Gasteiger partial charge in [-0.1, -0.05) is 54.6 Å². The van der Waals surface area contributed by atoms with Crippen molar-refractivity contribution in [1.29, 1.82) is 0 Å². The minimum atomic E-state index is -3.45. The molecule has 0 saturated heterocycles. The highest BCUT2D eigenvalue weighted by Gasteiger charge is 2.16. The van der Waals surface area contributed by atoms with Gasteiger partial charge >= 0.3 is 0 Å². The summed E-state index contributed by atoms with van der Waals surface area (Å²) in [7, 11) is -3.45. The molecule has 4 rings (SSSR count). The number of nitrogens with zero attached hydrogens (tertiary/aromatic N) is 3. The predicted octanol–water partition coefficient (Wildman–Crippen LogP) is 4.13. The number of aromatic nitrogens is 3. The van der Waals surface area contributed by atoms with E-state index < -0.39 is 10.0 Å². The van der Waals surface area contributed by atoms with Crippen LogP contribution in [0.3, 0.4) is 0 Å². The van der Waals surface area contributed by atoms with Gasteiger partial charge in [-0.3, -0.25) is 9.12 Å². The van der Waals surface area contributed by atoms with Crippen LogP contribution in [0.1, 0.15) is 12.7 Å². The van der Waals surface area contributed by atoms with Crippen LogP contribution in [0.5, 0.6) is 0 Å². The number of hydrogen-bond donors (Lipinski definition) is 1. The third-order valence-electron chi connectivity index (χ3n) is 4.64. The van der Waals surface area contributed by atoms with Crippen molar-refractivity contribution in [1.82, 2.24) is 14.6 Å². The lowest BCUT2D eigenvalue weighted by atomic mass is 9.95. The molecule has 0 atom stereocenters. The summed E-state index contributed by atoms with van der Waals surface area (Å²) in [6, 6.07) is 20.0. The van der Waals surface area contributed by atoms with Crippen molar-refractivity contribution < 1.29 is 8.42 Å². The van der Waals surface area contributed by atoms with Crippen LogP contribution >= 0.6 is 0 Å². The minimum Gasteiger partial charge on any atom is -0.284 e. The zero-order valence-electron chi connectivity index (χ0n) is 15.6. The molecule has 7 heteroatoms. The van der Waals surface area contributed by atoms with Gasteiger partial charge in [-0.05, 0) is 36.6 Å². The van der Waals surface area contributed by atoms with Crippen molar-refractivity contribution >= 4 is 21.4 Å². The maximum Gasteiger partial charge on any atom is 0.232 e. The maximum atomic E-state index is 12.2. The van der Waals surface area contributed by atoms with Crippen LogP contribution in [0.25, 0.3) is 27.9 Å². The van der Waals surface area contributed by atoms with Gasteiger partial charge in [0.05, 0.1) is 11.4 Å². The second kappa shape index (κ2) is 7.09. The standard InChI is InChI=1S/C21H20N4O2S/c1-3-28(26,27)24-20-13-17(14-25-15(2)22-23-21(20)25)19-12-8-7-11-18(19)16-9-5-4-6-10-16/h4-14,24H,3H2,1-2H3. The molecule has 1 N–H and O–H groups in total. The summed E-state index contributed by atoms with van der Waals surface area (Å²) in [5, 5.41) is 8.24. The number of fused-ring (bicyclic) bond motifs is 1. The van der Waals surface area contributed by atoms with Gasteiger partial charge in [0.2, 0.25) is 10.0 Å². The lowest BCUT2D eigenvalue weighted by Crippen LogP contribution is -2.15. The van der Waals surface area contributed by atoms with Crippen LogP contribution in [-0.2, 0) is 10.0 Å². The van der Waals surface area contributed by atoms with E-state index in [1.165, 1.54) is 0 Å². The van der Waals surface area contributed by atoms with Gasteiger partial charge in [-0.2, -0.15) is 0 Å². The van der Waals surface area contributed by atoms with E-state index in [0.29, 0.717) is 17.2 Å². The highest BCUT2D eigenvalue weighted by molar-refractivity contribution is 7.92. The van der Waals surface area contributed by atoms with Crippen molar-refractivity contribution in [2.45, 2.75) is 13.8 Å². The second-order valence-corrected chi connectivity index (χ2v) is 8.51. The SMILES string of the molecule is CCS(=O)(=O)Nc1cc(-c2ccccc2-c2ccccc2)cn2c(C)nnc12. The first-order valence-electron chi connectivity index (χ1n) is 8.99. The molecule has 0 fully saturated rings. The average molecular weight is 392 g/mol. The Hall–Kier alpha value is -3.19. The number of pyridine rings is 1. The molecule has 0 aliphatic rings. The van der Waals surface area contributed by atoms with Crippen molar-refractivity contribution in [3.05, 3.63) is 72.7 Å². The molecule has 2 heterocycles. The molecule has 0 saturated carbocycles. The van der Waals surface area contributed by atoms with Gasteiger partial charge in [-0.25, -0.2) is 8.42 Å². The number of aryl methyl sites for hydroxylation is 1. The molecule has 0 spiro atoms. The molecule has 0 aliphatic carbocycles. The Balaban J connectivity index is 1.95. The third-order valence-corrected chi connectivity index (χ3v) is 5.93. The molecule has 0 radical (unpaired) electrons. The fraction of sp³-hybridized carbons (Fsp3) is 0.143. The van der Waals surface area contributed by atoms with Gasteiger partial charge < -0.3 is 0 Å². The van der Waals surface area contributed by atoms with Crippen LogP contribution in [0.2, 0.25) is 0 Å². The van der Waals surface area contributed by atoms with E-state index in [1.54, 1.807) is 6.92 Å². The molecule has 28 heavy (non-hydrogen) atoms. The van der Waals surface area contributed by atoms with E-state index in [0.717, 1.165) is 22.3 Å². The quantitative estimate of drug-likeness (QED) is 0.554. The van der Waals surface area contributed by atoms with Crippen LogP contribution in [-0.4, -0.2) is 28.8 Å². The van der Waals surface area contributed by atoms with E-state index in [2.05, 4.69) is 33.1 Å². The van der Waals surface area contributed by atoms with Gasteiger partial charge in [0.15, 0.2) is 5.65 Å². The third kappa shape index (κ3) is 3.36. The smallest absolute Gasteiger partial charge is 0.232 e.